The van der Waals surface area contributed by atoms with Crippen LogP contribution in [0.5, 0.6) is 0 Å². The third-order valence-electron chi connectivity index (χ3n) is 2.38. The van der Waals surface area contributed by atoms with E-state index in [0.717, 1.165) is 16.4 Å². The lowest BCUT2D eigenvalue weighted by atomic mass is 10.4. The van der Waals surface area contributed by atoms with E-state index >= 15 is 0 Å². The van der Waals surface area contributed by atoms with E-state index in [4.69, 9.17) is 0 Å². The first kappa shape index (κ1) is 13.7. The smallest absolute Gasteiger partial charge is 0.277 e. The van der Waals surface area contributed by atoms with Gasteiger partial charge in [0.2, 0.25) is 10.3 Å². The van der Waals surface area contributed by atoms with Gasteiger partial charge in [-0.1, -0.05) is 18.2 Å². The van der Waals surface area contributed by atoms with Crippen molar-refractivity contribution in [3.05, 3.63) is 54.6 Å². The standard InChI is InChI=1S/C13H9N5OS2/c19-11(10-8-14-6-7-15-10)16-12-17-13(18-21-12)20-9-4-2-1-3-5-9/h1-8H,(H,16,17,18,19). The number of aromatic nitrogens is 4. The molecular formula is C13H9N5OS2. The van der Waals surface area contributed by atoms with Crippen molar-refractivity contribution in [2.24, 2.45) is 0 Å². The second kappa shape index (κ2) is 6.42. The zero-order chi connectivity index (χ0) is 14.5. The summed E-state index contributed by atoms with van der Waals surface area (Å²) in [6, 6.07) is 9.80. The average Bonchev–Trinajstić information content (AvgIpc) is 2.96. The third-order valence-corrected chi connectivity index (χ3v) is 4.00. The van der Waals surface area contributed by atoms with Crippen molar-refractivity contribution < 1.29 is 4.79 Å². The van der Waals surface area contributed by atoms with Crippen LogP contribution in [-0.4, -0.2) is 25.2 Å². The first-order valence-corrected chi connectivity index (χ1v) is 7.54. The quantitative estimate of drug-likeness (QED) is 0.797. The number of anilines is 1. The van der Waals surface area contributed by atoms with Gasteiger partial charge in [0.1, 0.15) is 5.69 Å². The fourth-order valence-electron chi connectivity index (χ4n) is 1.47. The van der Waals surface area contributed by atoms with Gasteiger partial charge in [0, 0.05) is 28.8 Å². The zero-order valence-corrected chi connectivity index (χ0v) is 12.3. The van der Waals surface area contributed by atoms with Crippen molar-refractivity contribution in [3.63, 3.8) is 0 Å². The van der Waals surface area contributed by atoms with Crippen molar-refractivity contribution in [3.8, 4) is 0 Å². The van der Waals surface area contributed by atoms with Crippen molar-refractivity contribution in [2.75, 3.05) is 5.32 Å². The van der Waals surface area contributed by atoms with Crippen LogP contribution in [-0.2, 0) is 0 Å². The molecule has 0 fully saturated rings. The number of carbonyl (C=O) groups excluding carboxylic acids is 1. The molecule has 0 unspecified atom stereocenters. The Morgan fingerprint density at radius 2 is 2.05 bits per heavy atom. The molecular weight excluding hydrogens is 306 g/mol. The summed E-state index contributed by atoms with van der Waals surface area (Å²) >= 11 is 2.57. The normalized spacial score (nSPS) is 10.3. The highest BCUT2D eigenvalue weighted by Gasteiger charge is 2.11. The van der Waals surface area contributed by atoms with Gasteiger partial charge >= 0.3 is 0 Å². The van der Waals surface area contributed by atoms with E-state index in [1.165, 1.54) is 30.4 Å². The number of nitrogens with one attached hydrogen (secondary N) is 1. The molecule has 0 aliphatic rings. The predicted molar refractivity (Wildman–Crippen MR) is 80.5 cm³/mol. The van der Waals surface area contributed by atoms with Gasteiger partial charge in [-0.3, -0.25) is 15.1 Å². The highest BCUT2D eigenvalue weighted by Crippen LogP contribution is 2.27. The molecule has 0 atom stereocenters. The number of amides is 1. The summed E-state index contributed by atoms with van der Waals surface area (Å²) in [4.78, 5) is 25.0. The molecule has 2 aromatic heterocycles. The summed E-state index contributed by atoms with van der Waals surface area (Å²) in [5, 5.41) is 3.69. The molecule has 2 heterocycles. The molecule has 0 spiro atoms. The number of rotatable bonds is 4. The molecule has 0 aliphatic carbocycles. The predicted octanol–water partition coefficient (Wildman–Crippen LogP) is 2.73. The maximum absolute atomic E-state index is 11.9. The molecule has 0 bridgehead atoms. The number of benzene rings is 1. The SMILES string of the molecule is O=C(Nc1nc(Sc2ccccc2)ns1)c1cnccn1. The number of hydrogen-bond donors (Lipinski definition) is 1. The highest BCUT2D eigenvalue weighted by molar-refractivity contribution is 7.99. The summed E-state index contributed by atoms with van der Waals surface area (Å²) in [7, 11) is 0. The fourth-order valence-corrected chi connectivity index (χ4v) is 2.90. The van der Waals surface area contributed by atoms with E-state index in [2.05, 4.69) is 24.6 Å². The first-order chi connectivity index (χ1) is 10.3. The van der Waals surface area contributed by atoms with E-state index in [0.29, 0.717) is 10.3 Å². The van der Waals surface area contributed by atoms with Crippen LogP contribution in [0, 0.1) is 0 Å². The summed E-state index contributed by atoms with van der Waals surface area (Å²) < 4.78 is 4.20. The Hall–Kier alpha value is -2.32. The zero-order valence-electron chi connectivity index (χ0n) is 10.6. The molecule has 0 saturated heterocycles. The molecule has 1 aromatic carbocycles. The van der Waals surface area contributed by atoms with Crippen LogP contribution in [0.3, 0.4) is 0 Å². The second-order valence-electron chi connectivity index (χ2n) is 3.84. The van der Waals surface area contributed by atoms with E-state index in [1.54, 1.807) is 0 Å². The molecule has 0 saturated carbocycles. The van der Waals surface area contributed by atoms with Crippen LogP contribution in [0.15, 0.2) is 59.0 Å². The molecule has 1 N–H and O–H groups in total. The Morgan fingerprint density at radius 1 is 1.19 bits per heavy atom. The number of nitrogens with zero attached hydrogens (tertiary/aromatic N) is 4. The van der Waals surface area contributed by atoms with Gasteiger partial charge in [0.15, 0.2) is 0 Å². The van der Waals surface area contributed by atoms with Crippen LogP contribution in [0.1, 0.15) is 10.5 Å². The first-order valence-electron chi connectivity index (χ1n) is 5.95. The lowest BCUT2D eigenvalue weighted by Crippen LogP contribution is -2.13. The average molecular weight is 315 g/mol. The molecule has 1 amide bonds. The molecule has 3 aromatic rings. The van der Waals surface area contributed by atoms with Crippen LogP contribution in [0.25, 0.3) is 0 Å². The van der Waals surface area contributed by atoms with Gasteiger partial charge in [-0.25, -0.2) is 4.98 Å². The van der Waals surface area contributed by atoms with E-state index in [9.17, 15) is 4.79 Å². The molecule has 0 aliphatic heterocycles. The minimum absolute atomic E-state index is 0.241. The molecule has 6 nitrogen and oxygen atoms in total. The Kier molecular flexibility index (Phi) is 4.17. The van der Waals surface area contributed by atoms with Gasteiger partial charge in [-0.15, -0.1) is 0 Å². The Bertz CT molecular complexity index is 733. The van der Waals surface area contributed by atoms with Crippen molar-refractivity contribution in [2.45, 2.75) is 10.1 Å². The van der Waals surface area contributed by atoms with Crippen LogP contribution in [0.4, 0.5) is 5.13 Å². The van der Waals surface area contributed by atoms with Crippen molar-refractivity contribution in [1.82, 2.24) is 19.3 Å². The minimum atomic E-state index is -0.351. The lowest BCUT2D eigenvalue weighted by Gasteiger charge is -1.98. The van der Waals surface area contributed by atoms with Gasteiger partial charge in [0.05, 0.1) is 6.20 Å². The molecule has 0 radical (unpaired) electrons. The van der Waals surface area contributed by atoms with Crippen molar-refractivity contribution in [1.29, 1.82) is 0 Å². The van der Waals surface area contributed by atoms with Gasteiger partial charge in [-0.2, -0.15) is 9.36 Å². The van der Waals surface area contributed by atoms with E-state index < -0.39 is 0 Å². The van der Waals surface area contributed by atoms with Gasteiger partial charge < -0.3 is 0 Å². The summed E-state index contributed by atoms with van der Waals surface area (Å²) in [5.74, 6) is -0.351. The third kappa shape index (κ3) is 3.61. The summed E-state index contributed by atoms with van der Waals surface area (Å²) in [6.07, 6.45) is 4.37. The Morgan fingerprint density at radius 3 is 2.81 bits per heavy atom. The fraction of sp³-hybridized carbons (Fsp3) is 0. The Balaban J connectivity index is 1.67. The molecule has 8 heteroatoms. The molecule has 21 heavy (non-hydrogen) atoms. The summed E-state index contributed by atoms with van der Waals surface area (Å²) in [5.41, 5.74) is 0.241. The van der Waals surface area contributed by atoms with Crippen molar-refractivity contribution >= 4 is 34.3 Å². The Labute approximate surface area is 128 Å². The topological polar surface area (TPSA) is 80.7 Å². The molecule has 104 valence electrons. The van der Waals surface area contributed by atoms with Gasteiger partial charge in [-0.05, 0) is 23.9 Å². The van der Waals surface area contributed by atoms with Crippen LogP contribution < -0.4 is 5.32 Å². The second-order valence-corrected chi connectivity index (χ2v) is 5.63. The number of hydrogen-bond acceptors (Lipinski definition) is 7. The van der Waals surface area contributed by atoms with Crippen LogP contribution in [0.2, 0.25) is 0 Å². The van der Waals surface area contributed by atoms with Gasteiger partial charge in [0.25, 0.3) is 5.91 Å². The van der Waals surface area contributed by atoms with E-state index in [-0.39, 0.29) is 11.6 Å². The molecule has 3 rings (SSSR count). The monoisotopic (exact) mass is 315 g/mol. The van der Waals surface area contributed by atoms with E-state index in [1.807, 2.05) is 30.3 Å². The maximum atomic E-state index is 11.9. The minimum Gasteiger partial charge on any atom is -0.295 e. The maximum Gasteiger partial charge on any atom is 0.277 e. The highest BCUT2D eigenvalue weighted by atomic mass is 32.2. The van der Waals surface area contributed by atoms with Crippen LogP contribution >= 0.6 is 23.3 Å². The summed E-state index contributed by atoms with van der Waals surface area (Å²) in [6.45, 7) is 0. The lowest BCUT2D eigenvalue weighted by molar-refractivity contribution is 0.102. The largest absolute Gasteiger partial charge is 0.295 e. The number of carbonyl (C=O) groups is 1.